The van der Waals surface area contributed by atoms with Gasteiger partial charge >= 0.3 is 0 Å². The smallest absolute Gasteiger partial charge is 0.00952 e. The molecule has 0 spiro atoms. The van der Waals surface area contributed by atoms with Gasteiger partial charge in [-0.2, -0.15) is 25.3 Å². The van der Waals surface area contributed by atoms with Crippen LogP contribution in [0, 0.1) is 22.2 Å². The summed E-state index contributed by atoms with van der Waals surface area (Å²) < 4.78 is 0. The lowest BCUT2D eigenvalue weighted by Gasteiger charge is -2.43. The summed E-state index contributed by atoms with van der Waals surface area (Å²) in [7, 11) is 0. The summed E-state index contributed by atoms with van der Waals surface area (Å²) in [5, 5.41) is 0. The van der Waals surface area contributed by atoms with Crippen LogP contribution in [0.1, 0.15) is 98.8 Å². The summed E-state index contributed by atoms with van der Waals surface area (Å²) in [6.07, 6.45) is 13.6. The quantitative estimate of drug-likeness (QED) is 0.314. The Morgan fingerprint density at radius 1 is 1.00 bits per heavy atom. The third kappa shape index (κ3) is 6.49. The average molecular weight is 359 g/mol. The molecule has 0 saturated heterocycles. The average Bonchev–Trinajstić information content (AvgIpc) is 3.26. The maximum Gasteiger partial charge on any atom is -0.00952 e. The molecule has 0 heterocycles. The number of thiol groups is 2. The maximum atomic E-state index is 4.50. The van der Waals surface area contributed by atoms with E-state index < -0.39 is 0 Å². The fourth-order valence-electron chi connectivity index (χ4n) is 5.12. The van der Waals surface area contributed by atoms with Crippen LogP contribution < -0.4 is 0 Å². The van der Waals surface area contributed by atoms with Gasteiger partial charge in [0.1, 0.15) is 0 Å². The van der Waals surface area contributed by atoms with Crippen LogP contribution in [0.2, 0.25) is 0 Å². The minimum absolute atomic E-state index is 0.490. The van der Waals surface area contributed by atoms with E-state index in [0.29, 0.717) is 16.2 Å². The Bertz CT molecular complexity index is 337. The van der Waals surface area contributed by atoms with Gasteiger partial charge in [0.2, 0.25) is 0 Å². The first kappa shape index (κ1) is 21.7. The number of hydrogen-bond acceptors (Lipinski definition) is 2. The summed E-state index contributed by atoms with van der Waals surface area (Å²) in [6.45, 7) is 12.3. The predicted molar refractivity (Wildman–Crippen MR) is 113 cm³/mol. The van der Waals surface area contributed by atoms with Crippen LogP contribution in [-0.4, -0.2) is 11.5 Å². The molecule has 138 valence electrons. The van der Waals surface area contributed by atoms with Crippen molar-refractivity contribution < 1.29 is 0 Å². The molecule has 1 fully saturated rings. The molecule has 1 saturated carbocycles. The molecular formula is C21H42S2. The van der Waals surface area contributed by atoms with E-state index in [1.807, 2.05) is 0 Å². The Balaban J connectivity index is 2.85. The molecule has 1 rings (SSSR count). The molecule has 3 atom stereocenters. The Morgan fingerprint density at radius 3 is 2.09 bits per heavy atom. The highest BCUT2D eigenvalue weighted by Crippen LogP contribution is 2.62. The van der Waals surface area contributed by atoms with Crippen LogP contribution in [0.4, 0.5) is 0 Å². The largest absolute Gasteiger partial charge is 0.179 e. The first-order chi connectivity index (χ1) is 10.8. The van der Waals surface area contributed by atoms with Gasteiger partial charge in [0.25, 0.3) is 0 Å². The lowest BCUT2D eigenvalue weighted by Crippen LogP contribution is -2.32. The van der Waals surface area contributed by atoms with Crippen molar-refractivity contribution in [3.8, 4) is 0 Å². The van der Waals surface area contributed by atoms with E-state index in [1.165, 1.54) is 64.2 Å². The Morgan fingerprint density at radius 2 is 1.65 bits per heavy atom. The van der Waals surface area contributed by atoms with Gasteiger partial charge in [0, 0.05) is 0 Å². The minimum Gasteiger partial charge on any atom is -0.179 e. The second-order valence-corrected chi connectivity index (χ2v) is 10.1. The van der Waals surface area contributed by atoms with Crippen molar-refractivity contribution in [3.63, 3.8) is 0 Å². The molecule has 0 N–H and O–H groups in total. The molecule has 0 nitrogen and oxygen atoms in total. The van der Waals surface area contributed by atoms with Gasteiger partial charge in [-0.3, -0.25) is 0 Å². The summed E-state index contributed by atoms with van der Waals surface area (Å²) in [4.78, 5) is 0. The van der Waals surface area contributed by atoms with Gasteiger partial charge in [-0.1, -0.05) is 47.5 Å². The van der Waals surface area contributed by atoms with E-state index in [9.17, 15) is 0 Å². The van der Waals surface area contributed by atoms with Crippen LogP contribution in [-0.2, 0) is 0 Å². The fourth-order valence-corrected chi connectivity index (χ4v) is 5.67. The van der Waals surface area contributed by atoms with E-state index in [0.717, 1.165) is 17.4 Å². The second-order valence-electron chi connectivity index (χ2n) is 9.18. The number of rotatable bonds is 13. The SMILES string of the molecule is CCCC(C)(CC)CC(C)(CCCS)CC1(C(C)CCS)CC1. The Hall–Kier alpha value is 0.700. The zero-order valence-corrected chi connectivity index (χ0v) is 18.2. The van der Waals surface area contributed by atoms with Crippen molar-refractivity contribution >= 4 is 25.3 Å². The van der Waals surface area contributed by atoms with Crippen molar-refractivity contribution in [2.24, 2.45) is 22.2 Å². The maximum absolute atomic E-state index is 4.50. The van der Waals surface area contributed by atoms with Crippen LogP contribution in [0.5, 0.6) is 0 Å². The van der Waals surface area contributed by atoms with Gasteiger partial charge in [-0.05, 0) is 85.0 Å². The zero-order valence-electron chi connectivity index (χ0n) is 16.5. The van der Waals surface area contributed by atoms with Crippen molar-refractivity contribution in [1.29, 1.82) is 0 Å². The Kier molecular flexibility index (Phi) is 8.90. The number of hydrogen-bond donors (Lipinski definition) is 2. The van der Waals surface area contributed by atoms with Crippen molar-refractivity contribution in [2.45, 2.75) is 98.8 Å². The van der Waals surface area contributed by atoms with Crippen molar-refractivity contribution in [3.05, 3.63) is 0 Å². The van der Waals surface area contributed by atoms with Gasteiger partial charge in [0.15, 0.2) is 0 Å². The second kappa shape index (κ2) is 9.41. The summed E-state index contributed by atoms with van der Waals surface area (Å²) in [6, 6.07) is 0. The standard InChI is InChI=1S/C21H42S2/c1-6-10-19(4,7-2)16-20(5,11-8-14-22)17-21(12-13-21)18(3)9-15-23/h18,22-23H,6-17H2,1-5H3. The predicted octanol–water partition coefficient (Wildman–Crippen LogP) is 7.44. The van der Waals surface area contributed by atoms with Crippen LogP contribution in [0.25, 0.3) is 0 Å². The lowest BCUT2D eigenvalue weighted by atomic mass is 9.63. The zero-order chi connectivity index (χ0) is 17.6. The van der Waals surface area contributed by atoms with Gasteiger partial charge in [0.05, 0.1) is 0 Å². The van der Waals surface area contributed by atoms with Crippen LogP contribution >= 0.6 is 25.3 Å². The topological polar surface area (TPSA) is 0 Å². The Labute approximate surface area is 157 Å². The van der Waals surface area contributed by atoms with Gasteiger partial charge in [-0.25, -0.2) is 0 Å². The third-order valence-electron chi connectivity index (χ3n) is 6.78. The lowest BCUT2D eigenvalue weighted by molar-refractivity contribution is 0.0833. The molecule has 0 amide bonds. The first-order valence-corrected chi connectivity index (χ1v) is 11.3. The molecule has 23 heavy (non-hydrogen) atoms. The summed E-state index contributed by atoms with van der Waals surface area (Å²) in [5.74, 6) is 2.92. The van der Waals surface area contributed by atoms with E-state index >= 15 is 0 Å². The normalized spacial score (nSPS) is 23.1. The molecule has 3 unspecified atom stereocenters. The molecule has 0 aromatic carbocycles. The molecule has 0 aromatic rings. The fraction of sp³-hybridized carbons (Fsp3) is 1.00. The summed E-state index contributed by atoms with van der Waals surface area (Å²) in [5.41, 5.74) is 1.64. The van der Waals surface area contributed by atoms with Gasteiger partial charge < -0.3 is 0 Å². The molecule has 1 aliphatic carbocycles. The summed E-state index contributed by atoms with van der Waals surface area (Å²) >= 11 is 8.99. The highest BCUT2D eigenvalue weighted by molar-refractivity contribution is 7.80. The molecule has 0 aromatic heterocycles. The highest BCUT2D eigenvalue weighted by Gasteiger charge is 2.51. The molecule has 0 bridgehead atoms. The van der Waals surface area contributed by atoms with Crippen LogP contribution in [0.15, 0.2) is 0 Å². The third-order valence-corrected chi connectivity index (χ3v) is 7.35. The van der Waals surface area contributed by atoms with E-state index in [-0.39, 0.29) is 0 Å². The van der Waals surface area contributed by atoms with Crippen molar-refractivity contribution in [1.82, 2.24) is 0 Å². The minimum atomic E-state index is 0.490. The molecule has 0 aliphatic heterocycles. The molecule has 2 heteroatoms. The first-order valence-electron chi connectivity index (χ1n) is 10.0. The van der Waals surface area contributed by atoms with Crippen LogP contribution in [0.3, 0.4) is 0 Å². The highest BCUT2D eigenvalue weighted by atomic mass is 32.1. The molecular weight excluding hydrogens is 316 g/mol. The van der Waals surface area contributed by atoms with E-state index in [2.05, 4.69) is 59.9 Å². The van der Waals surface area contributed by atoms with E-state index in [1.54, 1.807) is 0 Å². The van der Waals surface area contributed by atoms with Crippen molar-refractivity contribution in [2.75, 3.05) is 11.5 Å². The molecule has 1 aliphatic rings. The monoisotopic (exact) mass is 358 g/mol. The van der Waals surface area contributed by atoms with E-state index in [4.69, 9.17) is 0 Å². The molecule has 0 radical (unpaired) electrons. The van der Waals surface area contributed by atoms with Gasteiger partial charge in [-0.15, -0.1) is 0 Å².